The Kier molecular flexibility index (Phi) is 5.62. The van der Waals surface area contributed by atoms with Gasteiger partial charge in [-0.2, -0.15) is 0 Å². The average Bonchev–Trinajstić information content (AvgIpc) is 3.17. The second-order valence-electron chi connectivity index (χ2n) is 7.25. The Morgan fingerprint density at radius 3 is 2.79 bits per heavy atom. The molecule has 6 nitrogen and oxygen atoms in total. The number of nitrogens with one attached hydrogen (secondary N) is 2. The van der Waals surface area contributed by atoms with Gasteiger partial charge in [0.2, 0.25) is 11.9 Å². The topological polar surface area (TPSA) is 78.1 Å². The van der Waals surface area contributed by atoms with Crippen molar-refractivity contribution in [1.82, 2.24) is 15.3 Å². The molecule has 0 radical (unpaired) electrons. The van der Waals surface area contributed by atoms with E-state index in [2.05, 4.69) is 15.3 Å². The van der Waals surface area contributed by atoms with Gasteiger partial charge in [-0.3, -0.25) is 14.6 Å². The molecule has 0 spiro atoms. The van der Waals surface area contributed by atoms with E-state index < -0.39 is 0 Å². The monoisotopic (exact) mass is 414 g/mol. The number of aromatic amines is 1. The maximum Gasteiger partial charge on any atom is 0.270 e. The van der Waals surface area contributed by atoms with E-state index in [1.54, 1.807) is 23.6 Å². The van der Waals surface area contributed by atoms with Crippen molar-refractivity contribution in [2.45, 2.75) is 26.2 Å². The number of piperidine rings is 1. The summed E-state index contributed by atoms with van der Waals surface area (Å²) >= 11 is 1.27. The normalized spacial score (nSPS) is 15.0. The van der Waals surface area contributed by atoms with Gasteiger partial charge in [-0.1, -0.05) is 25.1 Å². The highest BCUT2D eigenvalue weighted by Crippen LogP contribution is 2.33. The summed E-state index contributed by atoms with van der Waals surface area (Å²) in [7, 11) is 0. The number of nitrogens with zero attached hydrogens (tertiary/aromatic N) is 2. The molecule has 1 aromatic carbocycles. The maximum absolute atomic E-state index is 14.3. The third kappa shape index (κ3) is 3.89. The predicted molar refractivity (Wildman–Crippen MR) is 114 cm³/mol. The lowest BCUT2D eigenvalue weighted by atomic mass is 9.96. The van der Waals surface area contributed by atoms with Crippen LogP contribution in [0.1, 0.15) is 26.2 Å². The molecule has 2 aromatic heterocycles. The molecular formula is C21H23FN4O2S. The number of halogens is 1. The SMILES string of the molecule is CCCNC(=O)C1CCN(c2nc3c(-c4ccccc4F)csc3c(=O)[nH]2)CC1. The van der Waals surface area contributed by atoms with Crippen molar-refractivity contribution in [2.75, 3.05) is 24.5 Å². The van der Waals surface area contributed by atoms with Crippen LogP contribution in [0.4, 0.5) is 10.3 Å². The van der Waals surface area contributed by atoms with Crippen molar-refractivity contribution in [3.05, 3.63) is 45.8 Å². The van der Waals surface area contributed by atoms with Crippen LogP contribution in [-0.4, -0.2) is 35.5 Å². The molecule has 1 fully saturated rings. The average molecular weight is 415 g/mol. The molecule has 3 aromatic rings. The molecular weight excluding hydrogens is 391 g/mol. The third-order valence-electron chi connectivity index (χ3n) is 5.29. The third-order valence-corrected chi connectivity index (χ3v) is 6.26. The van der Waals surface area contributed by atoms with Crippen LogP contribution in [0.2, 0.25) is 0 Å². The fraction of sp³-hybridized carbons (Fsp3) is 0.381. The number of H-pyrrole nitrogens is 1. The summed E-state index contributed by atoms with van der Waals surface area (Å²) in [5, 5.41) is 4.73. The van der Waals surface area contributed by atoms with Crippen LogP contribution in [0, 0.1) is 11.7 Å². The molecule has 1 aliphatic rings. The smallest absolute Gasteiger partial charge is 0.270 e. The van der Waals surface area contributed by atoms with Crippen LogP contribution in [0.3, 0.4) is 0 Å². The number of fused-ring (bicyclic) bond motifs is 1. The summed E-state index contributed by atoms with van der Waals surface area (Å²) in [5.41, 5.74) is 1.36. The zero-order chi connectivity index (χ0) is 20.4. The van der Waals surface area contributed by atoms with Gasteiger partial charge in [0.25, 0.3) is 5.56 Å². The minimum Gasteiger partial charge on any atom is -0.356 e. The quantitative estimate of drug-likeness (QED) is 0.670. The molecule has 1 amide bonds. The van der Waals surface area contributed by atoms with Crippen LogP contribution in [0.25, 0.3) is 21.3 Å². The van der Waals surface area contributed by atoms with Gasteiger partial charge in [0, 0.05) is 42.1 Å². The van der Waals surface area contributed by atoms with E-state index in [9.17, 15) is 14.0 Å². The fourth-order valence-corrected chi connectivity index (χ4v) is 4.58. The number of hydrogen-bond acceptors (Lipinski definition) is 5. The molecule has 8 heteroatoms. The first kappa shape index (κ1) is 19.6. The molecule has 0 bridgehead atoms. The van der Waals surface area contributed by atoms with Gasteiger partial charge in [0.1, 0.15) is 10.5 Å². The van der Waals surface area contributed by atoms with Gasteiger partial charge in [-0.15, -0.1) is 11.3 Å². The first-order chi connectivity index (χ1) is 14.1. The van der Waals surface area contributed by atoms with Crippen molar-refractivity contribution in [2.24, 2.45) is 5.92 Å². The number of carbonyl (C=O) groups is 1. The van der Waals surface area contributed by atoms with Crippen molar-refractivity contribution in [3.8, 4) is 11.1 Å². The zero-order valence-corrected chi connectivity index (χ0v) is 17.0. The molecule has 4 rings (SSSR count). The molecule has 152 valence electrons. The Hall–Kier alpha value is -2.74. The van der Waals surface area contributed by atoms with Crippen molar-refractivity contribution in [3.63, 3.8) is 0 Å². The molecule has 1 saturated heterocycles. The Bertz CT molecular complexity index is 1090. The Labute approximate surface area is 171 Å². The number of aromatic nitrogens is 2. The molecule has 3 heterocycles. The van der Waals surface area contributed by atoms with Gasteiger partial charge < -0.3 is 10.2 Å². The van der Waals surface area contributed by atoms with Gasteiger partial charge in [0.05, 0.1) is 5.52 Å². The molecule has 0 unspecified atom stereocenters. The van der Waals surface area contributed by atoms with E-state index in [0.717, 1.165) is 6.42 Å². The van der Waals surface area contributed by atoms with E-state index >= 15 is 0 Å². The first-order valence-corrected chi connectivity index (χ1v) is 10.8. The Morgan fingerprint density at radius 1 is 1.31 bits per heavy atom. The lowest BCUT2D eigenvalue weighted by molar-refractivity contribution is -0.125. The minimum atomic E-state index is -0.338. The molecule has 1 aliphatic heterocycles. The number of benzene rings is 1. The van der Waals surface area contributed by atoms with Gasteiger partial charge in [-0.25, -0.2) is 9.37 Å². The number of rotatable bonds is 5. The molecule has 2 N–H and O–H groups in total. The van der Waals surface area contributed by atoms with Crippen LogP contribution in [0.5, 0.6) is 0 Å². The molecule has 0 atom stereocenters. The van der Waals surface area contributed by atoms with Crippen LogP contribution in [0.15, 0.2) is 34.4 Å². The summed E-state index contributed by atoms with van der Waals surface area (Å²) in [6.45, 7) is 4.00. The van der Waals surface area contributed by atoms with E-state index in [1.165, 1.54) is 17.4 Å². The van der Waals surface area contributed by atoms with Crippen molar-refractivity contribution < 1.29 is 9.18 Å². The van der Waals surface area contributed by atoms with E-state index in [-0.39, 0.29) is 23.2 Å². The van der Waals surface area contributed by atoms with E-state index in [0.29, 0.717) is 59.8 Å². The molecule has 0 aliphatic carbocycles. The van der Waals surface area contributed by atoms with Gasteiger partial charge in [0.15, 0.2) is 0 Å². The Morgan fingerprint density at radius 2 is 2.07 bits per heavy atom. The van der Waals surface area contributed by atoms with Gasteiger partial charge in [-0.05, 0) is 25.3 Å². The zero-order valence-electron chi connectivity index (χ0n) is 16.2. The van der Waals surface area contributed by atoms with E-state index in [4.69, 9.17) is 0 Å². The first-order valence-electron chi connectivity index (χ1n) is 9.87. The summed E-state index contributed by atoms with van der Waals surface area (Å²) in [4.78, 5) is 34.3. The molecule has 0 saturated carbocycles. The standard InChI is InChI=1S/C21H23FN4O2S/c1-2-9-23-19(27)13-7-10-26(11-8-13)21-24-17-15(12-29-18(17)20(28)25-21)14-5-3-4-6-16(14)22/h3-6,12-13H,2,7-11H2,1H3,(H,23,27)(H,24,25,28). The summed E-state index contributed by atoms with van der Waals surface area (Å²) in [6.07, 6.45) is 2.34. The predicted octanol–water partition coefficient (Wildman–Crippen LogP) is 3.53. The largest absolute Gasteiger partial charge is 0.356 e. The van der Waals surface area contributed by atoms with Crippen LogP contribution < -0.4 is 15.8 Å². The molecule has 29 heavy (non-hydrogen) atoms. The summed E-state index contributed by atoms with van der Waals surface area (Å²) in [5.74, 6) is 0.229. The second-order valence-corrected chi connectivity index (χ2v) is 8.13. The van der Waals surface area contributed by atoms with E-state index in [1.807, 2.05) is 11.8 Å². The highest BCUT2D eigenvalue weighted by atomic mass is 32.1. The fourth-order valence-electron chi connectivity index (χ4n) is 3.68. The van der Waals surface area contributed by atoms with Crippen molar-refractivity contribution >= 4 is 33.4 Å². The highest BCUT2D eigenvalue weighted by molar-refractivity contribution is 7.17. The second kappa shape index (κ2) is 8.32. The van der Waals surface area contributed by atoms with Crippen molar-refractivity contribution in [1.29, 1.82) is 0 Å². The number of hydrogen-bond donors (Lipinski definition) is 2. The number of anilines is 1. The summed E-state index contributed by atoms with van der Waals surface area (Å²) in [6, 6.07) is 6.51. The van der Waals surface area contributed by atoms with Crippen LogP contribution in [-0.2, 0) is 4.79 Å². The summed E-state index contributed by atoms with van der Waals surface area (Å²) < 4.78 is 14.8. The number of thiophene rings is 1. The van der Waals surface area contributed by atoms with Crippen LogP contribution >= 0.6 is 11.3 Å². The highest BCUT2D eigenvalue weighted by Gasteiger charge is 2.26. The lowest BCUT2D eigenvalue weighted by Gasteiger charge is -2.31. The minimum absolute atomic E-state index is 0.0108. The number of amides is 1. The number of carbonyl (C=O) groups excluding carboxylic acids is 1. The lowest BCUT2D eigenvalue weighted by Crippen LogP contribution is -2.41. The van der Waals surface area contributed by atoms with Gasteiger partial charge >= 0.3 is 0 Å². The Balaban J connectivity index is 1.60. The maximum atomic E-state index is 14.3.